The van der Waals surface area contributed by atoms with Crippen molar-refractivity contribution < 1.29 is 33.6 Å². The van der Waals surface area contributed by atoms with Crippen LogP contribution in [0.2, 0.25) is 0 Å². The Morgan fingerprint density at radius 1 is 1.00 bits per heavy atom. The van der Waals surface area contributed by atoms with Gasteiger partial charge < -0.3 is 39.6 Å². The molecular weight excluding hydrogens is 574 g/mol. The maximum atomic E-state index is 11.8. The van der Waals surface area contributed by atoms with Gasteiger partial charge in [0, 0.05) is 36.7 Å². The summed E-state index contributed by atoms with van der Waals surface area (Å²) in [6.45, 7) is 3.66. The van der Waals surface area contributed by atoms with Crippen molar-refractivity contribution in [1.82, 2.24) is 4.90 Å². The Labute approximate surface area is 264 Å². The number of carbonyl (C=O) groups is 2. The van der Waals surface area contributed by atoms with Crippen molar-refractivity contribution >= 4 is 17.7 Å². The van der Waals surface area contributed by atoms with Crippen LogP contribution in [0.15, 0.2) is 66.7 Å². The quantitative estimate of drug-likeness (QED) is 0.243. The number of carbonyl (C=O) groups excluding carboxylic acids is 1. The van der Waals surface area contributed by atoms with Crippen molar-refractivity contribution in [3.05, 3.63) is 89.0 Å². The van der Waals surface area contributed by atoms with Crippen LogP contribution in [0, 0.1) is 0 Å². The second-order valence-electron chi connectivity index (χ2n) is 11.6. The lowest BCUT2D eigenvalue weighted by Crippen LogP contribution is -2.46. The van der Waals surface area contributed by atoms with E-state index in [0.29, 0.717) is 45.9 Å². The number of ether oxygens (including phenoxy) is 4. The lowest BCUT2D eigenvalue weighted by molar-refractivity contribution is -0.116. The van der Waals surface area contributed by atoms with Gasteiger partial charge in [0.05, 0.1) is 52.7 Å². The molecule has 1 fully saturated rings. The molecule has 10 nitrogen and oxygen atoms in total. The summed E-state index contributed by atoms with van der Waals surface area (Å²) < 4.78 is 23.5. The molecule has 1 saturated heterocycles. The number of anilines is 1. The Kier molecular flexibility index (Phi) is 11.2. The fourth-order valence-electron chi connectivity index (χ4n) is 6.15. The molecule has 2 amide bonds. The lowest BCUT2D eigenvalue weighted by Gasteiger charge is -2.37. The van der Waals surface area contributed by atoms with Crippen LogP contribution in [-0.2, 0) is 33.9 Å². The number of piperidine rings is 1. The molecule has 2 atom stereocenters. The predicted octanol–water partition coefficient (Wildman–Crippen LogP) is 4.97. The van der Waals surface area contributed by atoms with Gasteiger partial charge in [0.2, 0.25) is 5.91 Å². The van der Waals surface area contributed by atoms with Gasteiger partial charge in [-0.2, -0.15) is 0 Å². The summed E-state index contributed by atoms with van der Waals surface area (Å²) in [5.41, 5.74) is 10.8. The third kappa shape index (κ3) is 8.67. The molecule has 45 heavy (non-hydrogen) atoms. The molecule has 5 rings (SSSR count). The first-order chi connectivity index (χ1) is 21.9. The minimum absolute atomic E-state index is 0.0435. The zero-order valence-corrected chi connectivity index (χ0v) is 25.9. The van der Waals surface area contributed by atoms with Crippen molar-refractivity contribution in [2.45, 2.75) is 50.9 Å². The Morgan fingerprint density at radius 2 is 1.82 bits per heavy atom. The molecule has 2 unspecified atom stereocenters. The average molecular weight is 618 g/mol. The van der Waals surface area contributed by atoms with Gasteiger partial charge in [-0.1, -0.05) is 42.5 Å². The minimum Gasteiger partial charge on any atom is -0.496 e. The highest BCUT2D eigenvalue weighted by Crippen LogP contribution is 2.33. The van der Waals surface area contributed by atoms with E-state index in [2.05, 4.69) is 18.2 Å². The standard InChI is InChI=1S/C35H43N3O7/c1-42-32-8-3-2-6-28(32)24-43-18-5-19-44-29-13-11-26(12-14-29)30-15-17-38(35(40)41)21-33(30)45-23-25-9-10-27-7-4-16-37(22-34(36)39)31(27)20-25/h2-3,6,8-14,20,30,33H,4-5,7,15-19,21-24H2,1H3,(H2,36,39)(H,40,41). The van der Waals surface area contributed by atoms with Crippen LogP contribution in [0.1, 0.15) is 47.4 Å². The first-order valence-corrected chi connectivity index (χ1v) is 15.6. The third-order valence-electron chi connectivity index (χ3n) is 8.47. The molecule has 0 bridgehead atoms. The van der Waals surface area contributed by atoms with Gasteiger partial charge in [-0.25, -0.2) is 4.79 Å². The van der Waals surface area contributed by atoms with Crippen LogP contribution in [0.25, 0.3) is 0 Å². The third-order valence-corrected chi connectivity index (χ3v) is 8.47. The summed E-state index contributed by atoms with van der Waals surface area (Å²) in [5.74, 6) is 1.29. The highest BCUT2D eigenvalue weighted by atomic mass is 16.5. The molecule has 0 spiro atoms. The van der Waals surface area contributed by atoms with Gasteiger partial charge in [0.1, 0.15) is 11.5 Å². The van der Waals surface area contributed by atoms with Gasteiger partial charge in [-0.05, 0) is 60.2 Å². The Hall–Kier alpha value is -4.28. The number of nitrogens with zero attached hydrogens (tertiary/aromatic N) is 2. The van der Waals surface area contributed by atoms with Gasteiger partial charge in [0.15, 0.2) is 0 Å². The summed E-state index contributed by atoms with van der Waals surface area (Å²) in [7, 11) is 1.66. The molecule has 3 N–H and O–H groups in total. The smallest absolute Gasteiger partial charge is 0.407 e. The Bertz CT molecular complexity index is 1430. The van der Waals surface area contributed by atoms with Crippen LogP contribution in [0.4, 0.5) is 10.5 Å². The van der Waals surface area contributed by atoms with Crippen LogP contribution < -0.4 is 20.1 Å². The normalized spacial score (nSPS) is 17.9. The van der Waals surface area contributed by atoms with Crippen LogP contribution >= 0.6 is 0 Å². The van der Waals surface area contributed by atoms with E-state index < -0.39 is 6.09 Å². The SMILES string of the molecule is COc1ccccc1COCCCOc1ccc(C2CCN(C(=O)O)CC2OCc2ccc3c(c2)N(CC(N)=O)CCC3)cc1. The molecule has 0 radical (unpaired) electrons. The van der Waals surface area contributed by atoms with Gasteiger partial charge in [0.25, 0.3) is 0 Å². The number of primary amides is 1. The lowest BCUT2D eigenvalue weighted by atomic mass is 9.87. The highest BCUT2D eigenvalue weighted by molar-refractivity contribution is 5.80. The minimum atomic E-state index is -0.937. The summed E-state index contributed by atoms with van der Waals surface area (Å²) in [6.07, 6.45) is 2.11. The van der Waals surface area contributed by atoms with E-state index in [1.807, 2.05) is 53.4 Å². The fraction of sp³-hybridized carbons (Fsp3) is 0.429. The Balaban J connectivity index is 1.15. The average Bonchev–Trinajstić information content (AvgIpc) is 3.05. The van der Waals surface area contributed by atoms with Crippen molar-refractivity contribution in [1.29, 1.82) is 0 Å². The number of hydrogen-bond donors (Lipinski definition) is 2. The van der Waals surface area contributed by atoms with E-state index in [-0.39, 0.29) is 24.5 Å². The number of carboxylic acid groups (broad SMARTS) is 1. The molecule has 0 aromatic heterocycles. The van der Waals surface area contributed by atoms with Crippen LogP contribution in [0.3, 0.4) is 0 Å². The fourth-order valence-corrected chi connectivity index (χ4v) is 6.15. The van der Waals surface area contributed by atoms with Gasteiger partial charge in [-0.3, -0.25) is 4.79 Å². The Morgan fingerprint density at radius 3 is 2.60 bits per heavy atom. The molecule has 240 valence electrons. The van der Waals surface area contributed by atoms with Crippen molar-refractivity contribution in [3.8, 4) is 11.5 Å². The second kappa shape index (κ2) is 15.6. The molecule has 2 aliphatic rings. The number of aryl methyl sites for hydroxylation is 1. The molecule has 0 aliphatic carbocycles. The first-order valence-electron chi connectivity index (χ1n) is 15.6. The number of nitrogens with two attached hydrogens (primary N) is 1. The highest BCUT2D eigenvalue weighted by Gasteiger charge is 2.33. The molecule has 3 aromatic rings. The number of fused-ring (bicyclic) bond motifs is 1. The van der Waals surface area contributed by atoms with Crippen LogP contribution in [-0.4, -0.2) is 74.6 Å². The van der Waals surface area contributed by atoms with E-state index in [1.165, 1.54) is 10.5 Å². The van der Waals surface area contributed by atoms with Crippen molar-refractivity contribution in [2.75, 3.05) is 51.4 Å². The maximum Gasteiger partial charge on any atom is 0.407 e. The molecule has 2 heterocycles. The van der Waals surface area contributed by atoms with E-state index in [0.717, 1.165) is 59.7 Å². The molecule has 10 heteroatoms. The molecule has 2 aliphatic heterocycles. The molecule has 0 saturated carbocycles. The summed E-state index contributed by atoms with van der Waals surface area (Å²) >= 11 is 0. The zero-order chi connectivity index (χ0) is 31.6. The van der Waals surface area contributed by atoms with Gasteiger partial charge in [-0.15, -0.1) is 0 Å². The first kappa shape index (κ1) is 32.1. The number of hydrogen-bond acceptors (Lipinski definition) is 7. The molecule has 3 aromatic carbocycles. The molecular formula is C35H43N3O7. The van der Waals surface area contributed by atoms with E-state index in [4.69, 9.17) is 24.7 Å². The van der Waals surface area contributed by atoms with Crippen molar-refractivity contribution in [3.63, 3.8) is 0 Å². The van der Waals surface area contributed by atoms with E-state index in [1.54, 1.807) is 7.11 Å². The largest absolute Gasteiger partial charge is 0.496 e. The summed E-state index contributed by atoms with van der Waals surface area (Å²) in [6, 6.07) is 22.0. The number of benzene rings is 3. The van der Waals surface area contributed by atoms with E-state index in [9.17, 15) is 14.7 Å². The second-order valence-corrected chi connectivity index (χ2v) is 11.6. The summed E-state index contributed by atoms with van der Waals surface area (Å²) in [4.78, 5) is 26.9. The predicted molar refractivity (Wildman–Crippen MR) is 171 cm³/mol. The van der Waals surface area contributed by atoms with Crippen LogP contribution in [0.5, 0.6) is 11.5 Å². The number of para-hydroxylation sites is 1. The number of likely N-dealkylation sites (tertiary alicyclic amines) is 1. The maximum absolute atomic E-state index is 11.8. The topological polar surface area (TPSA) is 124 Å². The zero-order valence-electron chi connectivity index (χ0n) is 25.9. The monoisotopic (exact) mass is 617 g/mol. The van der Waals surface area contributed by atoms with Crippen molar-refractivity contribution in [2.24, 2.45) is 5.73 Å². The van der Waals surface area contributed by atoms with E-state index >= 15 is 0 Å². The number of rotatable bonds is 14. The summed E-state index contributed by atoms with van der Waals surface area (Å²) in [5, 5.41) is 9.68. The number of methoxy groups -OCH3 is 1. The van der Waals surface area contributed by atoms with Gasteiger partial charge >= 0.3 is 6.09 Å². The number of amides is 2.